The molecule has 0 spiro atoms. The Morgan fingerprint density at radius 3 is 1.38 bits per heavy atom. The smallest absolute Gasteiger partial charge is 0.0886 e. The molecule has 233 valence electrons. The number of hydrogen-bond donors (Lipinski definition) is 1. The molecule has 6 aromatic heterocycles. The molecule has 0 atom stereocenters. The van der Waals surface area contributed by atoms with Crippen LogP contribution in [0.4, 0.5) is 0 Å². The third-order valence-electron chi connectivity index (χ3n) is 6.45. The summed E-state index contributed by atoms with van der Waals surface area (Å²) < 4.78 is 2.25. The van der Waals surface area contributed by atoms with Crippen molar-refractivity contribution >= 4 is 9.64 Å². The molecule has 45 heavy (non-hydrogen) atoms. The number of nitrogens with one attached hydrogen (secondary N) is 1. The average molecular weight is 795 g/mol. The van der Waals surface area contributed by atoms with Crippen LogP contribution < -0.4 is 5.32 Å². The van der Waals surface area contributed by atoms with Crippen molar-refractivity contribution in [1.82, 2.24) is 34.8 Å². The number of aryl methyl sites for hydroxylation is 1. The summed E-state index contributed by atoms with van der Waals surface area (Å²) in [7, 11) is 4.67. The quantitative estimate of drug-likeness (QED) is 0.133. The van der Waals surface area contributed by atoms with E-state index in [-0.39, 0.29) is 0 Å². The van der Waals surface area contributed by atoms with E-state index in [1.54, 1.807) is 24.8 Å². The molecule has 9 heteroatoms. The van der Waals surface area contributed by atoms with Crippen molar-refractivity contribution in [2.75, 3.05) is 6.54 Å². The summed E-state index contributed by atoms with van der Waals surface area (Å²) in [5, 5.41) is 3.47. The molecule has 0 fully saturated rings. The minimum Gasteiger partial charge on any atom is -0.354 e. The molecular formula is C36H39ClN7Os. The van der Waals surface area contributed by atoms with E-state index in [0.29, 0.717) is 0 Å². The summed E-state index contributed by atoms with van der Waals surface area (Å²) in [5.41, 5.74) is 4.97. The Hall–Kier alpha value is -4.08. The predicted molar refractivity (Wildman–Crippen MR) is 180 cm³/mol. The number of aromatic nitrogens is 6. The Balaban J connectivity index is 0.000000186. The Kier molecular flexibility index (Phi) is 18.3. The molecule has 0 saturated heterocycles. The van der Waals surface area contributed by atoms with Gasteiger partial charge < -0.3 is 9.88 Å². The summed E-state index contributed by atoms with van der Waals surface area (Å²) in [6.45, 7) is 3.20. The molecule has 6 rings (SSSR count). The molecule has 0 aliphatic carbocycles. The van der Waals surface area contributed by atoms with Crippen LogP contribution in [-0.4, -0.2) is 36.0 Å². The molecule has 0 bridgehead atoms. The molecule has 0 aromatic carbocycles. The summed E-state index contributed by atoms with van der Waals surface area (Å²) in [6, 6.07) is 31.5. The fraction of sp³-hybridized carbons (Fsp3) is 0.194. The molecule has 0 saturated carbocycles. The van der Waals surface area contributed by atoms with Crippen LogP contribution in [0.2, 0.25) is 0 Å². The first-order valence-electron chi connectivity index (χ1n) is 14.9. The standard InChI is InChI=1S/C16H23N3.2C10H8N2.ClH.Os/c1(2-4-12-19-13-5-6-14-19)3-9-18-15-16-7-10-17-11-8-16;2*1-3-7-11-9(5-1)10-6-2-4-8-12-10;;/h5-8,10-11,13-14,18H,1-4,9,12,15H2;2*1-8H;1H;/q;;;;+1/p-1. The van der Waals surface area contributed by atoms with Crippen LogP contribution in [0.25, 0.3) is 22.8 Å². The largest absolute Gasteiger partial charge is 0.354 e. The average Bonchev–Trinajstić information content (AvgIpc) is 3.67. The van der Waals surface area contributed by atoms with E-state index >= 15 is 0 Å². The van der Waals surface area contributed by atoms with E-state index in [9.17, 15) is 0 Å². The van der Waals surface area contributed by atoms with Gasteiger partial charge >= 0.3 is 27.2 Å². The van der Waals surface area contributed by atoms with Crippen molar-refractivity contribution in [2.24, 2.45) is 0 Å². The van der Waals surface area contributed by atoms with Crippen LogP contribution in [0.1, 0.15) is 31.2 Å². The zero-order chi connectivity index (χ0) is 31.6. The van der Waals surface area contributed by atoms with E-state index in [1.165, 1.54) is 48.8 Å². The zero-order valence-corrected chi connectivity index (χ0v) is 28.5. The maximum atomic E-state index is 4.67. The van der Waals surface area contributed by atoms with Crippen LogP contribution >= 0.6 is 9.64 Å². The Morgan fingerprint density at radius 1 is 0.511 bits per heavy atom. The molecule has 0 aliphatic rings. The van der Waals surface area contributed by atoms with Gasteiger partial charge in [0.1, 0.15) is 0 Å². The first-order chi connectivity index (χ1) is 22.4. The van der Waals surface area contributed by atoms with Gasteiger partial charge in [0, 0.05) is 62.7 Å². The van der Waals surface area contributed by atoms with Crippen molar-refractivity contribution in [2.45, 2.75) is 38.8 Å². The molecule has 0 unspecified atom stereocenters. The maximum absolute atomic E-state index is 4.67. The van der Waals surface area contributed by atoms with Crippen LogP contribution in [-0.2, 0) is 30.7 Å². The topological polar surface area (TPSA) is 81.4 Å². The monoisotopic (exact) mass is 796 g/mol. The molecule has 1 N–H and O–H groups in total. The van der Waals surface area contributed by atoms with E-state index in [2.05, 4.69) is 81.1 Å². The van der Waals surface area contributed by atoms with E-state index in [0.717, 1.165) is 42.4 Å². The van der Waals surface area contributed by atoms with Crippen LogP contribution in [0.3, 0.4) is 0 Å². The number of rotatable bonds is 11. The third kappa shape index (κ3) is 15.0. The van der Waals surface area contributed by atoms with Crippen molar-refractivity contribution in [1.29, 1.82) is 0 Å². The fourth-order valence-electron chi connectivity index (χ4n) is 4.21. The first kappa shape index (κ1) is 35.4. The van der Waals surface area contributed by atoms with Gasteiger partial charge in [-0.05, 0) is 97.7 Å². The molecule has 0 radical (unpaired) electrons. The Morgan fingerprint density at radius 2 is 0.956 bits per heavy atom. The van der Waals surface area contributed by atoms with Crippen molar-refractivity contribution in [3.63, 3.8) is 0 Å². The van der Waals surface area contributed by atoms with Crippen molar-refractivity contribution in [3.05, 3.63) is 152 Å². The van der Waals surface area contributed by atoms with Gasteiger partial charge in [0.25, 0.3) is 0 Å². The van der Waals surface area contributed by atoms with Crippen LogP contribution in [0.5, 0.6) is 0 Å². The summed E-state index contributed by atoms with van der Waals surface area (Å²) in [6.07, 6.45) is 20.2. The van der Waals surface area contributed by atoms with Gasteiger partial charge in [-0.3, -0.25) is 24.9 Å². The van der Waals surface area contributed by atoms with Gasteiger partial charge in [-0.25, -0.2) is 0 Å². The molecule has 7 nitrogen and oxygen atoms in total. The number of pyridine rings is 5. The van der Waals surface area contributed by atoms with Crippen molar-refractivity contribution < 1.29 is 17.6 Å². The van der Waals surface area contributed by atoms with Gasteiger partial charge in [0.2, 0.25) is 0 Å². The third-order valence-corrected chi connectivity index (χ3v) is 6.45. The molecule has 6 aromatic rings. The van der Waals surface area contributed by atoms with Crippen molar-refractivity contribution in [3.8, 4) is 22.8 Å². The minimum absolute atomic E-state index is 0.915. The SMILES string of the molecule is [Cl][Os].c1ccc(-c2ccccn2)nc1.c1ccc(-c2ccccn2)nc1.c1ccn(CCCCCCNCc2ccncc2)c1. The summed E-state index contributed by atoms with van der Waals surface area (Å²) >= 11 is 1.33. The maximum Gasteiger partial charge on any atom is 0.0886 e. The van der Waals surface area contributed by atoms with E-state index < -0.39 is 0 Å². The Labute approximate surface area is 281 Å². The summed E-state index contributed by atoms with van der Waals surface area (Å²) in [5.74, 6) is 0. The first-order valence-corrected chi connectivity index (χ1v) is 18.0. The van der Waals surface area contributed by atoms with Gasteiger partial charge in [0.05, 0.1) is 22.8 Å². The molecule has 0 amide bonds. The second-order valence-corrected chi connectivity index (χ2v) is 9.73. The predicted octanol–water partition coefficient (Wildman–Crippen LogP) is 8.21. The summed E-state index contributed by atoms with van der Waals surface area (Å²) in [4.78, 5) is 20.8. The molecular weight excluding hydrogens is 756 g/mol. The molecule has 0 aliphatic heterocycles. The minimum atomic E-state index is 0.915. The number of nitrogens with zero attached hydrogens (tertiary/aromatic N) is 6. The fourth-order valence-corrected chi connectivity index (χ4v) is 4.21. The van der Waals surface area contributed by atoms with Gasteiger partial charge in [-0.15, -0.1) is 0 Å². The molecule has 6 heterocycles. The van der Waals surface area contributed by atoms with Crippen LogP contribution in [0.15, 0.2) is 147 Å². The normalized spacial score (nSPS) is 9.82. The zero-order valence-electron chi connectivity index (χ0n) is 25.2. The second-order valence-electron chi connectivity index (χ2n) is 9.73. The van der Waals surface area contributed by atoms with Gasteiger partial charge in [-0.1, -0.05) is 37.1 Å². The van der Waals surface area contributed by atoms with E-state index in [1.807, 2.05) is 85.2 Å². The van der Waals surface area contributed by atoms with Gasteiger partial charge in [-0.2, -0.15) is 0 Å². The Bertz CT molecular complexity index is 1340. The number of hydrogen-bond acceptors (Lipinski definition) is 6. The second kappa shape index (κ2) is 23.3. The van der Waals surface area contributed by atoms with Crippen LogP contribution in [0, 0.1) is 0 Å². The van der Waals surface area contributed by atoms with Gasteiger partial charge in [0.15, 0.2) is 0 Å². The van der Waals surface area contributed by atoms with E-state index in [4.69, 9.17) is 0 Å². The number of unbranched alkanes of at least 4 members (excludes halogenated alkanes) is 3. The number of halogens is 1.